The van der Waals surface area contributed by atoms with E-state index in [-0.39, 0.29) is 11.8 Å². The van der Waals surface area contributed by atoms with E-state index in [4.69, 9.17) is 23.2 Å². The van der Waals surface area contributed by atoms with Gasteiger partial charge < -0.3 is 15.1 Å². The van der Waals surface area contributed by atoms with Crippen LogP contribution in [0, 0.1) is 0 Å². The zero-order valence-corrected chi connectivity index (χ0v) is 14.8. The zero-order chi connectivity index (χ0) is 17.0. The Kier molecular flexibility index (Phi) is 6.27. The number of benzene rings is 1. The number of halogens is 2. The molecule has 5 nitrogen and oxygen atoms in total. The number of hydrogen-bond acceptors (Lipinski definition) is 3. The summed E-state index contributed by atoms with van der Waals surface area (Å²) in [4.78, 5) is 28.6. The lowest BCUT2D eigenvalue weighted by molar-refractivity contribution is -0.133. The van der Waals surface area contributed by atoms with E-state index in [0.29, 0.717) is 41.7 Å². The summed E-state index contributed by atoms with van der Waals surface area (Å²) in [5, 5.41) is 3.83. The number of amides is 2. The van der Waals surface area contributed by atoms with E-state index >= 15 is 0 Å². The Morgan fingerprint density at radius 1 is 1.30 bits per heavy atom. The van der Waals surface area contributed by atoms with E-state index in [0.717, 1.165) is 6.42 Å². The largest absolute Gasteiger partial charge is 0.343 e. The highest BCUT2D eigenvalue weighted by atomic mass is 35.5. The van der Waals surface area contributed by atoms with Gasteiger partial charge in [0.25, 0.3) is 5.91 Å². The summed E-state index contributed by atoms with van der Waals surface area (Å²) in [6.07, 6.45) is 1.50. The summed E-state index contributed by atoms with van der Waals surface area (Å²) in [5.41, 5.74) is 0.417. The molecule has 1 heterocycles. The predicted molar refractivity (Wildman–Crippen MR) is 92.1 cm³/mol. The number of carbonyl (C=O) groups excluding carboxylic acids is 2. The zero-order valence-electron chi connectivity index (χ0n) is 13.3. The molecule has 7 heteroatoms. The third-order valence-corrected chi connectivity index (χ3v) is 4.42. The molecule has 126 valence electrons. The molecule has 1 aromatic carbocycles. The number of likely N-dealkylation sites (tertiary alicyclic amines) is 1. The van der Waals surface area contributed by atoms with Gasteiger partial charge in [-0.2, -0.15) is 0 Å². The van der Waals surface area contributed by atoms with E-state index in [9.17, 15) is 9.59 Å². The Morgan fingerprint density at radius 2 is 1.96 bits per heavy atom. The Hall–Kier alpha value is -1.30. The van der Waals surface area contributed by atoms with Crippen molar-refractivity contribution >= 4 is 35.0 Å². The third-order valence-electron chi connectivity index (χ3n) is 3.98. The summed E-state index contributed by atoms with van der Waals surface area (Å²) in [6.45, 7) is 1.89. The second-order valence-corrected chi connectivity index (χ2v) is 6.55. The van der Waals surface area contributed by atoms with Gasteiger partial charge in [-0.25, -0.2) is 0 Å². The molecular weight excluding hydrogens is 337 g/mol. The number of hydrogen-bond donors (Lipinski definition) is 1. The van der Waals surface area contributed by atoms with Crippen molar-refractivity contribution in [2.75, 3.05) is 33.7 Å². The molecule has 1 saturated heterocycles. The standard InChI is InChI=1S/C16H21Cl2N3O2/c1-19-5-7-20(2)16(23)14-4-3-6-21(14)15(22)11-8-12(17)10-13(18)9-11/h8-10,14,19H,3-7H2,1-2H3. The van der Waals surface area contributed by atoms with Crippen LogP contribution in [0.5, 0.6) is 0 Å². The van der Waals surface area contributed by atoms with Crippen LogP contribution >= 0.6 is 23.2 Å². The number of nitrogens with one attached hydrogen (secondary N) is 1. The average Bonchev–Trinajstić information content (AvgIpc) is 2.99. The van der Waals surface area contributed by atoms with Crippen molar-refractivity contribution in [3.63, 3.8) is 0 Å². The van der Waals surface area contributed by atoms with Gasteiger partial charge in [-0.15, -0.1) is 0 Å². The second-order valence-electron chi connectivity index (χ2n) is 5.68. The van der Waals surface area contributed by atoms with Gasteiger partial charge in [-0.05, 0) is 38.1 Å². The number of rotatable bonds is 5. The fourth-order valence-electron chi connectivity index (χ4n) is 2.75. The van der Waals surface area contributed by atoms with Crippen LogP contribution in [0.4, 0.5) is 0 Å². The lowest BCUT2D eigenvalue weighted by Crippen LogP contribution is -2.47. The fraction of sp³-hybridized carbons (Fsp3) is 0.500. The first-order valence-electron chi connectivity index (χ1n) is 7.60. The first-order valence-corrected chi connectivity index (χ1v) is 8.36. The molecule has 1 fully saturated rings. The Bertz CT molecular complexity index is 574. The lowest BCUT2D eigenvalue weighted by atomic mass is 10.1. The molecule has 2 rings (SSSR count). The normalized spacial score (nSPS) is 17.4. The minimum atomic E-state index is -0.415. The molecule has 1 atom stereocenters. The van der Waals surface area contributed by atoms with Gasteiger partial charge in [0.05, 0.1) is 0 Å². The molecule has 1 aromatic rings. The van der Waals surface area contributed by atoms with Crippen molar-refractivity contribution < 1.29 is 9.59 Å². The summed E-state index contributed by atoms with van der Waals surface area (Å²) in [6, 6.07) is 4.33. The molecule has 0 spiro atoms. The first-order chi connectivity index (χ1) is 10.9. The highest BCUT2D eigenvalue weighted by Gasteiger charge is 2.36. The summed E-state index contributed by atoms with van der Waals surface area (Å²) in [5.74, 6) is -0.230. The van der Waals surface area contributed by atoms with Gasteiger partial charge in [0.2, 0.25) is 5.91 Å². The predicted octanol–water partition coefficient (Wildman–Crippen LogP) is 2.28. The molecule has 23 heavy (non-hydrogen) atoms. The highest BCUT2D eigenvalue weighted by Crippen LogP contribution is 2.25. The second kappa shape index (κ2) is 7.99. The summed E-state index contributed by atoms with van der Waals surface area (Å²) < 4.78 is 0. The maximum atomic E-state index is 12.7. The van der Waals surface area contributed by atoms with Gasteiger partial charge in [-0.3, -0.25) is 9.59 Å². The van der Waals surface area contributed by atoms with Crippen molar-refractivity contribution in [1.29, 1.82) is 0 Å². The first kappa shape index (κ1) is 18.0. The Morgan fingerprint density at radius 3 is 2.57 bits per heavy atom. The number of carbonyl (C=O) groups is 2. The van der Waals surface area contributed by atoms with Crippen molar-refractivity contribution in [3.8, 4) is 0 Å². The molecule has 1 aliphatic heterocycles. The quantitative estimate of drug-likeness (QED) is 0.879. The van der Waals surface area contributed by atoms with E-state index in [1.807, 2.05) is 7.05 Å². The van der Waals surface area contributed by atoms with E-state index in [2.05, 4.69) is 5.32 Å². The summed E-state index contributed by atoms with van der Waals surface area (Å²) >= 11 is 11.9. The Balaban J connectivity index is 2.14. The average molecular weight is 358 g/mol. The van der Waals surface area contributed by atoms with Crippen molar-refractivity contribution in [2.24, 2.45) is 0 Å². The minimum Gasteiger partial charge on any atom is -0.343 e. The van der Waals surface area contributed by atoms with Crippen molar-refractivity contribution in [3.05, 3.63) is 33.8 Å². The monoisotopic (exact) mass is 357 g/mol. The molecule has 1 unspecified atom stereocenters. The van der Waals surface area contributed by atoms with Crippen LogP contribution in [0.1, 0.15) is 23.2 Å². The van der Waals surface area contributed by atoms with Gasteiger partial charge in [-0.1, -0.05) is 23.2 Å². The minimum absolute atomic E-state index is 0.0285. The molecule has 0 saturated carbocycles. The third kappa shape index (κ3) is 4.37. The van der Waals surface area contributed by atoms with E-state index in [1.54, 1.807) is 35.0 Å². The van der Waals surface area contributed by atoms with Crippen LogP contribution in [0.2, 0.25) is 10.0 Å². The maximum Gasteiger partial charge on any atom is 0.254 e. The Labute approximate surface area is 146 Å². The van der Waals surface area contributed by atoms with Crippen LogP contribution in [0.25, 0.3) is 0 Å². The van der Waals surface area contributed by atoms with E-state index < -0.39 is 6.04 Å². The van der Waals surface area contributed by atoms with Crippen LogP contribution in [-0.2, 0) is 4.79 Å². The molecule has 1 N–H and O–H groups in total. The smallest absolute Gasteiger partial charge is 0.254 e. The summed E-state index contributed by atoms with van der Waals surface area (Å²) in [7, 11) is 3.60. The van der Waals surface area contributed by atoms with Crippen LogP contribution in [-0.4, -0.2) is 61.4 Å². The molecule has 0 aliphatic carbocycles. The molecule has 0 bridgehead atoms. The number of nitrogens with zero attached hydrogens (tertiary/aromatic N) is 2. The molecular formula is C16H21Cl2N3O2. The van der Waals surface area contributed by atoms with Gasteiger partial charge in [0, 0.05) is 42.3 Å². The van der Waals surface area contributed by atoms with Crippen molar-refractivity contribution in [1.82, 2.24) is 15.1 Å². The van der Waals surface area contributed by atoms with E-state index in [1.165, 1.54) is 0 Å². The number of likely N-dealkylation sites (N-methyl/N-ethyl adjacent to an activating group) is 2. The molecule has 2 amide bonds. The fourth-order valence-corrected chi connectivity index (χ4v) is 3.28. The molecule has 0 aromatic heterocycles. The molecule has 1 aliphatic rings. The lowest BCUT2D eigenvalue weighted by Gasteiger charge is -2.28. The van der Waals surface area contributed by atoms with Crippen LogP contribution in [0.15, 0.2) is 18.2 Å². The molecule has 0 radical (unpaired) electrons. The maximum absolute atomic E-state index is 12.7. The van der Waals surface area contributed by atoms with Crippen LogP contribution < -0.4 is 5.32 Å². The van der Waals surface area contributed by atoms with Gasteiger partial charge in [0.15, 0.2) is 0 Å². The van der Waals surface area contributed by atoms with Crippen LogP contribution in [0.3, 0.4) is 0 Å². The van der Waals surface area contributed by atoms with Crippen molar-refractivity contribution in [2.45, 2.75) is 18.9 Å². The highest BCUT2D eigenvalue weighted by molar-refractivity contribution is 6.35. The van der Waals surface area contributed by atoms with Gasteiger partial charge in [0.1, 0.15) is 6.04 Å². The van der Waals surface area contributed by atoms with Gasteiger partial charge >= 0.3 is 0 Å². The SMILES string of the molecule is CNCCN(C)C(=O)C1CCCN1C(=O)c1cc(Cl)cc(Cl)c1. The topological polar surface area (TPSA) is 52.7 Å².